The third-order valence-corrected chi connectivity index (χ3v) is 4.64. The number of carbonyl (C=O) groups is 1. The van der Waals surface area contributed by atoms with Crippen LogP contribution in [0.2, 0.25) is 0 Å². The normalized spacial score (nSPS) is 16.9. The number of fused-ring (bicyclic) bond motifs is 1. The summed E-state index contributed by atoms with van der Waals surface area (Å²) >= 11 is 1.66. The van der Waals surface area contributed by atoms with Crippen molar-refractivity contribution < 1.29 is 14.6 Å². The molecule has 0 radical (unpaired) electrons. The topological polar surface area (TPSA) is 59.4 Å². The van der Waals surface area contributed by atoms with Crippen molar-refractivity contribution in [3.8, 4) is 5.75 Å². The maximum Gasteiger partial charge on any atom is 0.354 e. The molecule has 21 heavy (non-hydrogen) atoms. The van der Waals surface area contributed by atoms with Gasteiger partial charge in [-0.3, -0.25) is 0 Å². The van der Waals surface area contributed by atoms with Gasteiger partial charge in [-0.25, -0.2) is 9.78 Å². The summed E-state index contributed by atoms with van der Waals surface area (Å²) < 4.78 is 5.66. The Morgan fingerprint density at radius 1 is 1.38 bits per heavy atom. The molecule has 1 unspecified atom stereocenters. The van der Waals surface area contributed by atoms with Gasteiger partial charge in [-0.1, -0.05) is 18.2 Å². The zero-order valence-corrected chi connectivity index (χ0v) is 12.2. The van der Waals surface area contributed by atoms with Crippen LogP contribution in [0.4, 0.5) is 0 Å². The lowest BCUT2D eigenvalue weighted by Crippen LogP contribution is -2.15. The van der Waals surface area contributed by atoms with Crippen LogP contribution >= 0.6 is 11.8 Å². The molecule has 2 heterocycles. The van der Waals surface area contributed by atoms with Crippen LogP contribution in [-0.2, 0) is 0 Å². The average molecular weight is 301 g/mol. The molecular weight excluding hydrogens is 286 g/mol. The van der Waals surface area contributed by atoms with Crippen LogP contribution in [0.1, 0.15) is 28.4 Å². The fourth-order valence-corrected chi connectivity index (χ4v) is 3.50. The molecule has 0 bridgehead atoms. The van der Waals surface area contributed by atoms with Gasteiger partial charge in [-0.15, -0.1) is 11.8 Å². The number of aromatic nitrogens is 1. The van der Waals surface area contributed by atoms with Gasteiger partial charge >= 0.3 is 5.97 Å². The Balaban J connectivity index is 1.71. The molecule has 108 valence electrons. The molecule has 1 atom stereocenters. The summed E-state index contributed by atoms with van der Waals surface area (Å²) in [5.41, 5.74) is 1.33. The second-order valence-electron chi connectivity index (χ2n) is 4.86. The first-order valence-electron chi connectivity index (χ1n) is 6.78. The number of benzene rings is 1. The van der Waals surface area contributed by atoms with Crippen molar-refractivity contribution in [1.82, 2.24) is 4.98 Å². The maximum absolute atomic E-state index is 10.9. The summed E-state index contributed by atoms with van der Waals surface area (Å²) in [6.07, 6.45) is 2.53. The molecule has 0 spiro atoms. The molecule has 0 aliphatic carbocycles. The van der Waals surface area contributed by atoms with Crippen LogP contribution < -0.4 is 4.74 Å². The summed E-state index contributed by atoms with van der Waals surface area (Å²) in [6, 6.07) is 11.6. The first kappa shape index (κ1) is 13.9. The third-order valence-electron chi connectivity index (χ3n) is 3.48. The number of ether oxygens (including phenoxy) is 1. The minimum Gasteiger partial charge on any atom is -0.493 e. The van der Waals surface area contributed by atoms with Crippen molar-refractivity contribution in [3.63, 3.8) is 0 Å². The number of aromatic carboxylic acids is 1. The Morgan fingerprint density at radius 2 is 2.24 bits per heavy atom. The van der Waals surface area contributed by atoms with E-state index in [4.69, 9.17) is 9.84 Å². The van der Waals surface area contributed by atoms with Crippen LogP contribution in [-0.4, -0.2) is 28.4 Å². The number of hydrogen-bond donors (Lipinski definition) is 1. The van der Waals surface area contributed by atoms with Crippen molar-refractivity contribution in [2.75, 3.05) is 12.4 Å². The average Bonchev–Trinajstić information content (AvgIpc) is 2.53. The predicted molar refractivity (Wildman–Crippen MR) is 81.2 cm³/mol. The highest BCUT2D eigenvalue weighted by atomic mass is 32.2. The smallest absolute Gasteiger partial charge is 0.354 e. The van der Waals surface area contributed by atoms with Crippen molar-refractivity contribution in [2.24, 2.45) is 0 Å². The van der Waals surface area contributed by atoms with Gasteiger partial charge in [0.15, 0.2) is 0 Å². The van der Waals surface area contributed by atoms with E-state index in [-0.39, 0.29) is 5.69 Å². The van der Waals surface area contributed by atoms with E-state index in [1.54, 1.807) is 24.0 Å². The molecule has 4 nitrogen and oxygen atoms in total. The van der Waals surface area contributed by atoms with Crippen LogP contribution in [0, 0.1) is 0 Å². The van der Waals surface area contributed by atoms with Crippen LogP contribution in [0.25, 0.3) is 0 Å². The largest absolute Gasteiger partial charge is 0.493 e. The number of hydrogen-bond acceptors (Lipinski definition) is 4. The number of para-hydroxylation sites is 1. The van der Waals surface area contributed by atoms with E-state index in [1.807, 2.05) is 24.3 Å². The molecule has 0 fully saturated rings. The van der Waals surface area contributed by atoms with E-state index in [9.17, 15) is 4.79 Å². The fourth-order valence-electron chi connectivity index (χ4n) is 2.40. The Hall–Kier alpha value is -2.01. The van der Waals surface area contributed by atoms with Gasteiger partial charge in [0.1, 0.15) is 11.4 Å². The molecule has 2 aromatic rings. The minimum atomic E-state index is -0.992. The molecule has 0 amide bonds. The molecule has 5 heteroatoms. The van der Waals surface area contributed by atoms with Crippen LogP contribution in [0.3, 0.4) is 0 Å². The number of carboxylic acids is 1. The monoisotopic (exact) mass is 301 g/mol. The van der Waals surface area contributed by atoms with E-state index in [1.165, 1.54) is 5.56 Å². The maximum atomic E-state index is 10.9. The van der Waals surface area contributed by atoms with Gasteiger partial charge < -0.3 is 9.84 Å². The second-order valence-corrected chi connectivity index (χ2v) is 5.96. The molecule has 1 aromatic carbocycles. The Morgan fingerprint density at radius 3 is 3.10 bits per heavy atom. The zero-order valence-electron chi connectivity index (χ0n) is 11.4. The van der Waals surface area contributed by atoms with E-state index in [2.05, 4.69) is 11.1 Å². The van der Waals surface area contributed by atoms with Gasteiger partial charge in [-0.05, 0) is 30.2 Å². The summed E-state index contributed by atoms with van der Waals surface area (Å²) in [7, 11) is 0. The molecule has 1 aliphatic rings. The molecule has 0 saturated carbocycles. The lowest BCUT2D eigenvalue weighted by Gasteiger charge is -2.25. The molecule has 1 aliphatic heterocycles. The molecule has 3 rings (SSSR count). The molecule has 1 N–H and O–H groups in total. The van der Waals surface area contributed by atoms with Gasteiger partial charge in [0, 0.05) is 22.8 Å². The van der Waals surface area contributed by atoms with Crippen molar-refractivity contribution in [3.05, 3.63) is 53.9 Å². The van der Waals surface area contributed by atoms with Crippen molar-refractivity contribution >= 4 is 17.7 Å². The van der Waals surface area contributed by atoms with E-state index in [0.717, 1.165) is 29.4 Å². The summed E-state index contributed by atoms with van der Waals surface area (Å²) in [5, 5.41) is 8.97. The number of carboxylic acid groups (broad SMARTS) is 1. The lowest BCUT2D eigenvalue weighted by atomic mass is 9.95. The van der Waals surface area contributed by atoms with E-state index >= 15 is 0 Å². The first-order valence-corrected chi connectivity index (χ1v) is 7.76. The van der Waals surface area contributed by atoms with Gasteiger partial charge in [0.05, 0.1) is 6.61 Å². The number of rotatable bonds is 4. The van der Waals surface area contributed by atoms with Gasteiger partial charge in [-0.2, -0.15) is 0 Å². The van der Waals surface area contributed by atoms with E-state index < -0.39 is 5.97 Å². The standard InChI is InChI=1S/C16H15NO3S/c18-16(19)14-9-12(5-7-17-14)21-10-11-6-8-20-15-4-2-1-3-13(11)15/h1-5,7,9,11H,6,8,10H2,(H,18,19). The fraction of sp³-hybridized carbons (Fsp3) is 0.250. The second kappa shape index (κ2) is 6.18. The molecule has 1 aromatic heterocycles. The Bertz CT molecular complexity index is 659. The van der Waals surface area contributed by atoms with Crippen LogP contribution in [0.5, 0.6) is 5.75 Å². The van der Waals surface area contributed by atoms with Crippen molar-refractivity contribution in [2.45, 2.75) is 17.2 Å². The van der Waals surface area contributed by atoms with Gasteiger partial charge in [0.2, 0.25) is 0 Å². The summed E-state index contributed by atoms with van der Waals surface area (Å²) in [4.78, 5) is 15.7. The number of pyridine rings is 1. The quantitative estimate of drug-likeness (QED) is 0.877. The Kier molecular flexibility index (Phi) is 4.10. The van der Waals surface area contributed by atoms with Crippen LogP contribution in [0.15, 0.2) is 47.5 Å². The highest BCUT2D eigenvalue weighted by Gasteiger charge is 2.21. The highest BCUT2D eigenvalue weighted by molar-refractivity contribution is 7.99. The van der Waals surface area contributed by atoms with Gasteiger partial charge in [0.25, 0.3) is 0 Å². The lowest BCUT2D eigenvalue weighted by molar-refractivity contribution is 0.0690. The third kappa shape index (κ3) is 3.19. The summed E-state index contributed by atoms with van der Waals surface area (Å²) in [6.45, 7) is 0.735. The zero-order chi connectivity index (χ0) is 14.7. The first-order chi connectivity index (χ1) is 10.2. The highest BCUT2D eigenvalue weighted by Crippen LogP contribution is 2.36. The minimum absolute atomic E-state index is 0.0902. The predicted octanol–water partition coefficient (Wildman–Crippen LogP) is 3.44. The molecular formula is C16H15NO3S. The molecule has 0 saturated heterocycles. The van der Waals surface area contributed by atoms with Crippen molar-refractivity contribution in [1.29, 1.82) is 0 Å². The Labute approximate surface area is 127 Å². The van der Waals surface area contributed by atoms with E-state index in [0.29, 0.717) is 5.92 Å². The number of nitrogens with zero attached hydrogens (tertiary/aromatic N) is 1. The SMILES string of the molecule is O=C(O)c1cc(SCC2CCOc3ccccc32)ccn1. The summed E-state index contributed by atoms with van der Waals surface area (Å²) in [5.74, 6) is 1.31. The number of thioether (sulfide) groups is 1.